The van der Waals surface area contributed by atoms with Crippen molar-refractivity contribution < 1.29 is 9.72 Å². The number of aromatic nitrogens is 5. The average molecular weight is 369 g/mol. The molecule has 3 rings (SSSR count). The molecule has 3 aromatic rings. The number of nitrogens with zero attached hydrogens (tertiary/aromatic N) is 6. The molecule has 0 saturated carbocycles. The summed E-state index contributed by atoms with van der Waals surface area (Å²) in [5.41, 5.74) is 1.42. The zero-order chi connectivity index (χ0) is 19.6. The van der Waals surface area contributed by atoms with E-state index >= 15 is 0 Å². The molecular weight excluding hydrogens is 350 g/mol. The van der Waals surface area contributed by atoms with Gasteiger partial charge in [0.1, 0.15) is 12.4 Å². The summed E-state index contributed by atoms with van der Waals surface area (Å²) in [6.07, 6.45) is 1.15. The van der Waals surface area contributed by atoms with Crippen molar-refractivity contribution in [3.63, 3.8) is 0 Å². The van der Waals surface area contributed by atoms with E-state index < -0.39 is 16.8 Å². The van der Waals surface area contributed by atoms with Crippen LogP contribution < -0.4 is 5.32 Å². The molecule has 0 aliphatic heterocycles. The van der Waals surface area contributed by atoms with Crippen LogP contribution in [0.3, 0.4) is 0 Å². The van der Waals surface area contributed by atoms with Crippen LogP contribution in [0.4, 0.5) is 11.8 Å². The predicted octanol–water partition coefficient (Wildman–Crippen LogP) is 2.31. The van der Waals surface area contributed by atoms with Crippen LogP contribution in [0.15, 0.2) is 42.7 Å². The lowest BCUT2D eigenvalue weighted by molar-refractivity contribution is -0.394. The standard InChI is InChI=1S/C17H19N7O3/c1-17(2,3)13-9-14(23(20-13)12-7-5-4-6-8-12)19-15(25)10-22-11-18-16(21-22)24(26)27/h4-9,11H,10H2,1-3H3,(H,19,25). The third kappa shape index (κ3) is 4.17. The van der Waals surface area contributed by atoms with E-state index in [1.807, 2.05) is 57.2 Å². The Bertz CT molecular complexity index is 970. The smallest absolute Gasteiger partial charge is 0.390 e. The van der Waals surface area contributed by atoms with Crippen molar-refractivity contribution in [1.82, 2.24) is 24.5 Å². The van der Waals surface area contributed by atoms with Crippen LogP contribution in [0.2, 0.25) is 0 Å². The molecule has 0 aliphatic carbocycles. The molecule has 140 valence electrons. The van der Waals surface area contributed by atoms with Crippen LogP contribution in [-0.2, 0) is 16.8 Å². The Morgan fingerprint density at radius 1 is 1.22 bits per heavy atom. The lowest BCUT2D eigenvalue weighted by Gasteiger charge is -2.14. The fraction of sp³-hybridized carbons (Fsp3) is 0.294. The molecule has 2 aromatic heterocycles. The second-order valence-corrected chi connectivity index (χ2v) is 6.96. The predicted molar refractivity (Wildman–Crippen MR) is 97.6 cm³/mol. The molecule has 10 heteroatoms. The first-order valence-electron chi connectivity index (χ1n) is 8.24. The lowest BCUT2D eigenvalue weighted by atomic mass is 9.92. The normalized spacial score (nSPS) is 11.4. The highest BCUT2D eigenvalue weighted by atomic mass is 16.6. The van der Waals surface area contributed by atoms with E-state index in [4.69, 9.17) is 0 Å². The fourth-order valence-electron chi connectivity index (χ4n) is 2.38. The zero-order valence-electron chi connectivity index (χ0n) is 15.2. The summed E-state index contributed by atoms with van der Waals surface area (Å²) in [4.78, 5) is 25.9. The molecule has 0 saturated heterocycles. The van der Waals surface area contributed by atoms with E-state index in [9.17, 15) is 14.9 Å². The van der Waals surface area contributed by atoms with Gasteiger partial charge in [0, 0.05) is 16.6 Å². The Morgan fingerprint density at radius 3 is 2.52 bits per heavy atom. The van der Waals surface area contributed by atoms with Crippen LogP contribution >= 0.6 is 0 Å². The number of hydrogen-bond donors (Lipinski definition) is 1. The van der Waals surface area contributed by atoms with Crippen LogP contribution in [0, 0.1) is 10.1 Å². The highest BCUT2D eigenvalue weighted by molar-refractivity contribution is 5.90. The topological polar surface area (TPSA) is 121 Å². The van der Waals surface area contributed by atoms with Crippen LogP contribution in [0.1, 0.15) is 26.5 Å². The van der Waals surface area contributed by atoms with Gasteiger partial charge >= 0.3 is 5.95 Å². The first-order chi connectivity index (χ1) is 12.7. The molecule has 1 N–H and O–H groups in total. The summed E-state index contributed by atoms with van der Waals surface area (Å²) in [7, 11) is 0. The third-order valence-electron chi connectivity index (χ3n) is 3.74. The molecule has 10 nitrogen and oxygen atoms in total. The van der Waals surface area contributed by atoms with Gasteiger partial charge in [-0.1, -0.05) is 44.0 Å². The molecule has 0 unspecified atom stereocenters. The van der Waals surface area contributed by atoms with E-state index in [0.717, 1.165) is 22.4 Å². The molecule has 0 aliphatic rings. The molecule has 1 aromatic carbocycles. The number of amides is 1. The minimum atomic E-state index is -0.714. The molecule has 27 heavy (non-hydrogen) atoms. The van der Waals surface area contributed by atoms with E-state index in [1.54, 1.807) is 4.68 Å². The summed E-state index contributed by atoms with van der Waals surface area (Å²) in [5.74, 6) is -0.440. The number of nitro groups is 1. The highest BCUT2D eigenvalue weighted by Crippen LogP contribution is 2.26. The molecule has 0 fully saturated rings. The van der Waals surface area contributed by atoms with Crippen molar-refractivity contribution in [2.45, 2.75) is 32.7 Å². The third-order valence-corrected chi connectivity index (χ3v) is 3.74. The van der Waals surface area contributed by atoms with E-state index in [-0.39, 0.29) is 12.0 Å². The monoisotopic (exact) mass is 369 g/mol. The molecule has 0 atom stereocenters. The maximum absolute atomic E-state index is 12.4. The summed E-state index contributed by atoms with van der Waals surface area (Å²) in [6.45, 7) is 5.89. The largest absolute Gasteiger partial charge is 0.490 e. The zero-order valence-corrected chi connectivity index (χ0v) is 15.2. The number of hydrogen-bond acceptors (Lipinski definition) is 6. The number of carbonyl (C=O) groups is 1. The van der Waals surface area contributed by atoms with Crippen molar-refractivity contribution in [3.8, 4) is 5.69 Å². The van der Waals surface area contributed by atoms with Crippen molar-refractivity contribution >= 4 is 17.7 Å². The van der Waals surface area contributed by atoms with Crippen molar-refractivity contribution in [2.24, 2.45) is 0 Å². The maximum Gasteiger partial charge on any atom is 0.490 e. The van der Waals surface area contributed by atoms with Gasteiger partial charge in [-0.05, 0) is 17.1 Å². The molecule has 1 amide bonds. The summed E-state index contributed by atoms with van der Waals surface area (Å²) >= 11 is 0. The number of para-hydroxylation sites is 1. The van der Waals surface area contributed by atoms with Crippen molar-refractivity contribution in [1.29, 1.82) is 0 Å². The van der Waals surface area contributed by atoms with Gasteiger partial charge in [-0.25, -0.2) is 4.68 Å². The summed E-state index contributed by atoms with van der Waals surface area (Å²) in [6, 6.07) is 11.2. The molecule has 0 bridgehead atoms. The van der Waals surface area contributed by atoms with Crippen molar-refractivity contribution in [3.05, 3.63) is 58.5 Å². The molecule has 0 spiro atoms. The number of nitrogens with one attached hydrogen (secondary N) is 1. The van der Waals surface area contributed by atoms with Gasteiger partial charge in [0.05, 0.1) is 11.4 Å². The molecular formula is C17H19N7O3. The quantitative estimate of drug-likeness (QED) is 0.544. The molecule has 2 heterocycles. The Labute approximate surface area is 155 Å². The van der Waals surface area contributed by atoms with Crippen LogP contribution in [0.5, 0.6) is 0 Å². The number of rotatable bonds is 5. The number of benzene rings is 1. The Kier molecular flexibility index (Phi) is 4.72. The summed E-state index contributed by atoms with van der Waals surface area (Å²) in [5, 5.41) is 21.7. The van der Waals surface area contributed by atoms with Gasteiger partial charge < -0.3 is 15.4 Å². The lowest BCUT2D eigenvalue weighted by Crippen LogP contribution is -2.21. The minimum absolute atomic E-state index is 0.202. The van der Waals surface area contributed by atoms with Gasteiger partial charge in [-0.3, -0.25) is 4.79 Å². The van der Waals surface area contributed by atoms with Crippen LogP contribution in [-0.4, -0.2) is 35.4 Å². The fourth-order valence-corrected chi connectivity index (χ4v) is 2.38. The van der Waals surface area contributed by atoms with Crippen LogP contribution in [0.25, 0.3) is 5.69 Å². The Balaban J connectivity index is 1.85. The number of anilines is 1. The van der Waals surface area contributed by atoms with E-state index in [0.29, 0.717) is 5.82 Å². The van der Waals surface area contributed by atoms with Gasteiger partial charge in [-0.2, -0.15) is 9.78 Å². The van der Waals surface area contributed by atoms with E-state index in [1.165, 1.54) is 0 Å². The van der Waals surface area contributed by atoms with Gasteiger partial charge in [0.25, 0.3) is 0 Å². The van der Waals surface area contributed by atoms with Gasteiger partial charge in [0.2, 0.25) is 12.2 Å². The highest BCUT2D eigenvalue weighted by Gasteiger charge is 2.22. The Hall–Kier alpha value is -3.56. The van der Waals surface area contributed by atoms with Crippen molar-refractivity contribution in [2.75, 3.05) is 5.32 Å². The maximum atomic E-state index is 12.4. The van der Waals surface area contributed by atoms with Gasteiger partial charge in [-0.15, -0.1) is 0 Å². The van der Waals surface area contributed by atoms with E-state index in [2.05, 4.69) is 20.5 Å². The van der Waals surface area contributed by atoms with Gasteiger partial charge in [0.15, 0.2) is 0 Å². The second kappa shape index (κ2) is 6.98. The second-order valence-electron chi connectivity index (χ2n) is 6.96. The Morgan fingerprint density at radius 2 is 1.93 bits per heavy atom. The summed E-state index contributed by atoms with van der Waals surface area (Å²) < 4.78 is 2.77. The minimum Gasteiger partial charge on any atom is -0.390 e. The SMILES string of the molecule is CC(C)(C)c1cc(NC(=O)Cn2cnc([N+](=O)[O-])n2)n(-c2ccccc2)n1. The first-order valence-corrected chi connectivity index (χ1v) is 8.24. The molecule has 0 radical (unpaired) electrons. The number of carbonyl (C=O) groups excluding carboxylic acids is 1. The first kappa shape index (κ1) is 18.2. The average Bonchev–Trinajstić information content (AvgIpc) is 3.22.